The zero-order chi connectivity index (χ0) is 9.84. The molecule has 0 aromatic heterocycles. The molecule has 1 N–H and O–H groups in total. The fourth-order valence-corrected chi connectivity index (χ4v) is 1.12. The zero-order valence-corrected chi connectivity index (χ0v) is 8.61. The van der Waals surface area contributed by atoms with Gasteiger partial charge in [0, 0.05) is 0 Å². The van der Waals surface area contributed by atoms with Crippen LogP contribution in [-0.4, -0.2) is 16.1 Å². The number of halogens is 1. The molecule has 0 fully saturated rings. The molecule has 0 aliphatic rings. The van der Waals surface area contributed by atoms with Gasteiger partial charge in [0.05, 0.1) is 0 Å². The maximum atomic E-state index is 10.7. The molecule has 1 atom stereocenters. The van der Waals surface area contributed by atoms with Crippen LogP contribution in [-0.2, 0) is 0 Å². The Morgan fingerprint density at radius 3 is 2.69 bits per heavy atom. The van der Waals surface area contributed by atoms with Crippen molar-refractivity contribution in [2.24, 2.45) is 0 Å². The molecule has 1 rings (SSSR count). The molecule has 1 aromatic rings. The molecule has 3 nitrogen and oxygen atoms in total. The normalized spacial score (nSPS) is 12.2. The number of para-hydroxylation sites is 1. The third-order valence-electron chi connectivity index (χ3n) is 1.41. The highest BCUT2D eigenvalue weighted by Gasteiger charge is 2.10. The van der Waals surface area contributed by atoms with Gasteiger partial charge in [0.2, 0.25) is 0 Å². The van der Waals surface area contributed by atoms with Crippen LogP contribution in [0.1, 0.15) is 17.3 Å². The van der Waals surface area contributed by atoms with E-state index in [4.69, 9.17) is 9.84 Å². The van der Waals surface area contributed by atoms with Gasteiger partial charge < -0.3 is 9.84 Å². The van der Waals surface area contributed by atoms with Crippen molar-refractivity contribution < 1.29 is 14.6 Å². The Balaban J connectivity index is 2.98. The summed E-state index contributed by atoms with van der Waals surface area (Å²) in [6, 6.07) is 6.53. The summed E-state index contributed by atoms with van der Waals surface area (Å²) >= 11 is 3.18. The molecule has 4 heteroatoms. The highest BCUT2D eigenvalue weighted by molar-refractivity contribution is 9.09. The number of carboxylic acid groups (broad SMARTS) is 1. The van der Waals surface area contributed by atoms with E-state index in [-0.39, 0.29) is 10.6 Å². The molecule has 0 heterocycles. The summed E-state index contributed by atoms with van der Waals surface area (Å²) in [7, 11) is 0. The minimum absolute atomic E-state index is 0.175. The fourth-order valence-electron chi connectivity index (χ4n) is 0.921. The largest absolute Gasteiger partial charge is 0.479 e. The molecule has 13 heavy (non-hydrogen) atoms. The molecular formula is C9H9BrO3. The van der Waals surface area contributed by atoms with E-state index < -0.39 is 5.97 Å². The van der Waals surface area contributed by atoms with Crippen molar-refractivity contribution in [1.82, 2.24) is 0 Å². The van der Waals surface area contributed by atoms with Crippen molar-refractivity contribution in [3.63, 3.8) is 0 Å². The Kier molecular flexibility index (Phi) is 3.31. The van der Waals surface area contributed by atoms with E-state index in [1.54, 1.807) is 25.1 Å². The van der Waals surface area contributed by atoms with Crippen molar-refractivity contribution in [2.75, 3.05) is 0 Å². The van der Waals surface area contributed by atoms with Gasteiger partial charge in [0.25, 0.3) is 0 Å². The second-order valence-corrected chi connectivity index (χ2v) is 3.75. The summed E-state index contributed by atoms with van der Waals surface area (Å²) in [6.07, 6.45) is 0. The predicted octanol–water partition coefficient (Wildman–Crippen LogP) is 2.50. The lowest BCUT2D eigenvalue weighted by Gasteiger charge is -2.10. The van der Waals surface area contributed by atoms with E-state index in [2.05, 4.69) is 15.9 Å². The van der Waals surface area contributed by atoms with Crippen molar-refractivity contribution >= 4 is 21.9 Å². The number of alkyl halides is 1. The zero-order valence-electron chi connectivity index (χ0n) is 7.03. The molecule has 0 aliphatic carbocycles. The van der Waals surface area contributed by atoms with Gasteiger partial charge in [-0.3, -0.25) is 0 Å². The number of aromatic carboxylic acids is 1. The highest BCUT2D eigenvalue weighted by Crippen LogP contribution is 2.20. The first-order valence-electron chi connectivity index (χ1n) is 3.74. The molecule has 0 amide bonds. The molecule has 0 bridgehead atoms. The van der Waals surface area contributed by atoms with Crippen molar-refractivity contribution in [2.45, 2.75) is 11.9 Å². The van der Waals surface area contributed by atoms with Gasteiger partial charge in [-0.25, -0.2) is 4.79 Å². The van der Waals surface area contributed by atoms with Crippen molar-refractivity contribution in [1.29, 1.82) is 0 Å². The van der Waals surface area contributed by atoms with Gasteiger partial charge in [-0.05, 0) is 35.0 Å². The van der Waals surface area contributed by atoms with Crippen LogP contribution in [0, 0.1) is 0 Å². The molecular weight excluding hydrogens is 236 g/mol. The summed E-state index contributed by atoms with van der Waals surface area (Å²) in [5, 5.41) is 8.58. The fraction of sp³-hybridized carbons (Fsp3) is 0.222. The Morgan fingerprint density at radius 2 is 2.15 bits per heavy atom. The van der Waals surface area contributed by atoms with E-state index in [0.29, 0.717) is 5.75 Å². The summed E-state index contributed by atoms with van der Waals surface area (Å²) in [5.41, 5.74) is 0.175. The van der Waals surface area contributed by atoms with Gasteiger partial charge in [-0.15, -0.1) is 0 Å². The Hall–Kier alpha value is -1.03. The SMILES string of the molecule is CC(Br)Oc1ccccc1C(=O)O. The third kappa shape index (κ3) is 2.73. The average molecular weight is 245 g/mol. The van der Waals surface area contributed by atoms with Gasteiger partial charge in [0.1, 0.15) is 11.3 Å². The summed E-state index contributed by atoms with van der Waals surface area (Å²) < 4.78 is 5.24. The molecule has 0 spiro atoms. The number of carboxylic acids is 1. The van der Waals surface area contributed by atoms with Crippen LogP contribution in [0.5, 0.6) is 5.75 Å². The second kappa shape index (κ2) is 4.28. The van der Waals surface area contributed by atoms with Crippen LogP contribution in [0.2, 0.25) is 0 Å². The smallest absolute Gasteiger partial charge is 0.339 e. The maximum absolute atomic E-state index is 10.7. The Bertz CT molecular complexity index is 309. The maximum Gasteiger partial charge on any atom is 0.339 e. The molecule has 0 radical (unpaired) electrons. The minimum Gasteiger partial charge on any atom is -0.479 e. The van der Waals surface area contributed by atoms with E-state index in [0.717, 1.165) is 0 Å². The molecule has 1 unspecified atom stereocenters. The summed E-state index contributed by atoms with van der Waals surface area (Å²) in [4.78, 5) is 10.7. The first-order valence-corrected chi connectivity index (χ1v) is 4.66. The molecule has 70 valence electrons. The number of ether oxygens (including phenoxy) is 1. The quantitative estimate of drug-likeness (QED) is 0.832. The van der Waals surface area contributed by atoms with E-state index in [1.807, 2.05) is 0 Å². The molecule has 0 aliphatic heterocycles. The third-order valence-corrected chi connectivity index (χ3v) is 1.59. The van der Waals surface area contributed by atoms with Gasteiger partial charge in [-0.2, -0.15) is 0 Å². The first-order chi connectivity index (χ1) is 6.11. The molecule has 0 saturated heterocycles. The molecule has 1 aromatic carbocycles. The lowest BCUT2D eigenvalue weighted by Crippen LogP contribution is -2.06. The van der Waals surface area contributed by atoms with E-state index in [1.165, 1.54) is 6.07 Å². The first kappa shape index (κ1) is 10.1. The minimum atomic E-state index is -0.983. The van der Waals surface area contributed by atoms with Crippen LogP contribution >= 0.6 is 15.9 Å². The van der Waals surface area contributed by atoms with E-state index >= 15 is 0 Å². The van der Waals surface area contributed by atoms with Gasteiger partial charge in [-0.1, -0.05) is 12.1 Å². The number of hydrogen-bond donors (Lipinski definition) is 1. The van der Waals surface area contributed by atoms with E-state index in [9.17, 15) is 4.79 Å². The lowest BCUT2D eigenvalue weighted by molar-refractivity contribution is 0.0692. The van der Waals surface area contributed by atoms with Gasteiger partial charge in [0.15, 0.2) is 5.01 Å². The number of rotatable bonds is 3. The highest BCUT2D eigenvalue weighted by atomic mass is 79.9. The lowest BCUT2D eigenvalue weighted by atomic mass is 10.2. The average Bonchev–Trinajstić information content (AvgIpc) is 2.03. The number of benzene rings is 1. The van der Waals surface area contributed by atoms with Crippen LogP contribution in [0.25, 0.3) is 0 Å². The Morgan fingerprint density at radius 1 is 1.54 bits per heavy atom. The van der Waals surface area contributed by atoms with Crippen LogP contribution in [0.4, 0.5) is 0 Å². The standard InChI is InChI=1S/C9H9BrO3/c1-6(10)13-8-5-3-2-4-7(8)9(11)12/h2-6H,1H3,(H,11,12). The summed E-state index contributed by atoms with van der Waals surface area (Å²) in [6.45, 7) is 1.78. The van der Waals surface area contributed by atoms with Crippen LogP contribution in [0.15, 0.2) is 24.3 Å². The molecule has 0 saturated carbocycles. The number of carbonyl (C=O) groups is 1. The monoisotopic (exact) mass is 244 g/mol. The second-order valence-electron chi connectivity index (χ2n) is 2.46. The van der Waals surface area contributed by atoms with Crippen molar-refractivity contribution in [3.8, 4) is 5.75 Å². The van der Waals surface area contributed by atoms with Crippen LogP contribution in [0.3, 0.4) is 0 Å². The van der Waals surface area contributed by atoms with Gasteiger partial charge >= 0.3 is 5.97 Å². The van der Waals surface area contributed by atoms with Crippen LogP contribution < -0.4 is 4.74 Å². The number of hydrogen-bond acceptors (Lipinski definition) is 2. The summed E-state index contributed by atoms with van der Waals surface area (Å²) in [5.74, 6) is -0.608. The topological polar surface area (TPSA) is 46.5 Å². The Labute approximate surface area is 84.5 Å². The van der Waals surface area contributed by atoms with Crippen molar-refractivity contribution in [3.05, 3.63) is 29.8 Å². The predicted molar refractivity (Wildman–Crippen MR) is 52.4 cm³/mol.